The Bertz CT molecular complexity index is 1610. The van der Waals surface area contributed by atoms with Crippen LogP contribution in [0.5, 0.6) is 0 Å². The number of rotatable bonds is 27. The van der Waals surface area contributed by atoms with Crippen LogP contribution in [0.15, 0.2) is 72.4 Å². The van der Waals surface area contributed by atoms with E-state index in [2.05, 4.69) is 115 Å². The second-order valence-electron chi connectivity index (χ2n) is 22.1. The first-order valence-corrected chi connectivity index (χ1v) is 27.3. The molecule has 1 saturated heterocycles. The lowest BCUT2D eigenvalue weighted by Crippen LogP contribution is -2.60. The molecular formula is C59H96O7. The molecule has 1 aliphatic heterocycles. The maximum atomic E-state index is 12.7. The monoisotopic (exact) mass is 917 g/mol. The smallest absolute Gasteiger partial charge is 0.305 e. The number of hydrogen-bond acceptors (Lipinski definition) is 7. The summed E-state index contributed by atoms with van der Waals surface area (Å²) in [6.45, 7) is 16.6. The van der Waals surface area contributed by atoms with Crippen molar-refractivity contribution in [3.05, 3.63) is 72.4 Å². The molecule has 0 bridgehead atoms. The van der Waals surface area contributed by atoms with Crippen molar-refractivity contribution in [3.63, 3.8) is 0 Å². The highest BCUT2D eigenvalue weighted by molar-refractivity contribution is 5.69. The summed E-state index contributed by atoms with van der Waals surface area (Å²) in [5.74, 6) is 4.58. The first-order chi connectivity index (χ1) is 31.8. The number of aliphatic hydroxyl groups is 3. The maximum Gasteiger partial charge on any atom is 0.305 e. The Morgan fingerprint density at radius 3 is 2.08 bits per heavy atom. The molecule has 14 atom stereocenters. The highest BCUT2D eigenvalue weighted by Crippen LogP contribution is 2.67. The molecule has 3 saturated carbocycles. The highest BCUT2D eigenvalue weighted by atomic mass is 16.7. The third kappa shape index (κ3) is 15.1. The number of unbranched alkanes of at least 4 members (excludes halogenated alkanes) is 8. The Morgan fingerprint density at radius 2 is 1.41 bits per heavy atom. The third-order valence-electron chi connectivity index (χ3n) is 17.4. The molecule has 7 heteroatoms. The van der Waals surface area contributed by atoms with E-state index in [-0.39, 0.29) is 24.1 Å². The molecular weight excluding hydrogens is 821 g/mol. The Morgan fingerprint density at radius 1 is 0.758 bits per heavy atom. The predicted octanol–water partition coefficient (Wildman–Crippen LogP) is 13.9. The van der Waals surface area contributed by atoms with Crippen LogP contribution < -0.4 is 0 Å². The van der Waals surface area contributed by atoms with E-state index >= 15 is 0 Å². The van der Waals surface area contributed by atoms with Crippen LogP contribution in [-0.4, -0.2) is 64.7 Å². The van der Waals surface area contributed by atoms with E-state index < -0.39 is 30.7 Å². The number of esters is 1. The molecule has 0 radical (unpaired) electrons. The lowest BCUT2D eigenvalue weighted by molar-refractivity contribution is -0.313. The highest BCUT2D eigenvalue weighted by Gasteiger charge is 2.59. The fraction of sp³-hybridized carbons (Fsp3) is 0.780. The molecule has 374 valence electrons. The fourth-order valence-corrected chi connectivity index (χ4v) is 13.2. The van der Waals surface area contributed by atoms with Gasteiger partial charge in [-0.2, -0.15) is 0 Å². The number of hydrogen-bond donors (Lipinski definition) is 3. The summed E-state index contributed by atoms with van der Waals surface area (Å²) >= 11 is 0. The van der Waals surface area contributed by atoms with Crippen molar-refractivity contribution in [1.29, 1.82) is 0 Å². The topological polar surface area (TPSA) is 105 Å². The zero-order chi connectivity index (χ0) is 47.5. The minimum Gasteiger partial charge on any atom is -0.463 e. The van der Waals surface area contributed by atoms with Gasteiger partial charge >= 0.3 is 5.97 Å². The average molecular weight is 917 g/mol. The second-order valence-corrected chi connectivity index (χ2v) is 22.1. The molecule has 5 aliphatic rings. The molecule has 0 spiro atoms. The summed E-state index contributed by atoms with van der Waals surface area (Å²) in [5, 5.41) is 32.6. The van der Waals surface area contributed by atoms with E-state index in [0.717, 1.165) is 94.8 Å². The van der Waals surface area contributed by atoms with Crippen LogP contribution in [0.25, 0.3) is 0 Å². The van der Waals surface area contributed by atoms with Gasteiger partial charge in [0.05, 0.1) is 6.10 Å². The van der Waals surface area contributed by atoms with Crippen LogP contribution in [0.2, 0.25) is 0 Å². The van der Waals surface area contributed by atoms with Crippen LogP contribution in [0, 0.1) is 52.3 Å². The summed E-state index contributed by atoms with van der Waals surface area (Å²) < 4.78 is 18.1. The zero-order valence-electron chi connectivity index (χ0n) is 42.8. The van der Waals surface area contributed by atoms with Gasteiger partial charge in [-0.3, -0.25) is 4.79 Å². The minimum absolute atomic E-state index is 0.150. The number of carbonyl (C=O) groups is 1. The van der Waals surface area contributed by atoms with Crippen LogP contribution in [0.3, 0.4) is 0 Å². The fourth-order valence-electron chi connectivity index (χ4n) is 13.2. The van der Waals surface area contributed by atoms with E-state index in [1.807, 2.05) is 0 Å². The van der Waals surface area contributed by atoms with Gasteiger partial charge in [0, 0.05) is 6.42 Å². The Hall–Kier alpha value is -2.29. The van der Waals surface area contributed by atoms with Crippen molar-refractivity contribution >= 4 is 5.97 Å². The molecule has 0 aromatic carbocycles. The SMILES string of the molecule is CC/C=C\C/C=C\C/C=C\C/C=C\CCCCCCCCCCC(=O)OCC1OC(OC2CCC3(C)C(=CCC4C3CCC3(C)C(C(C)/C=C/C(CC)C(C)C)CCC43)C2)C(O)C(O)C1O. The van der Waals surface area contributed by atoms with E-state index in [9.17, 15) is 20.1 Å². The van der Waals surface area contributed by atoms with E-state index in [4.69, 9.17) is 14.2 Å². The number of allylic oxidation sites excluding steroid dienone is 11. The molecule has 3 N–H and O–H groups in total. The Balaban J connectivity index is 0.962. The summed E-state index contributed by atoms with van der Waals surface area (Å²) in [7, 11) is 0. The van der Waals surface area contributed by atoms with Gasteiger partial charge in [-0.25, -0.2) is 0 Å². The predicted molar refractivity (Wildman–Crippen MR) is 272 cm³/mol. The van der Waals surface area contributed by atoms with Crippen LogP contribution in [0.1, 0.15) is 196 Å². The lowest BCUT2D eigenvalue weighted by atomic mass is 9.47. The van der Waals surface area contributed by atoms with Gasteiger partial charge in [0.15, 0.2) is 6.29 Å². The van der Waals surface area contributed by atoms with Gasteiger partial charge in [0.25, 0.3) is 0 Å². The molecule has 7 nitrogen and oxygen atoms in total. The molecule has 0 aromatic rings. The minimum atomic E-state index is -1.45. The van der Waals surface area contributed by atoms with Crippen molar-refractivity contribution in [2.75, 3.05) is 6.61 Å². The molecule has 4 fully saturated rings. The summed E-state index contributed by atoms with van der Waals surface area (Å²) in [6, 6.07) is 0. The molecule has 4 aliphatic carbocycles. The van der Waals surface area contributed by atoms with Crippen LogP contribution in [0.4, 0.5) is 0 Å². The van der Waals surface area contributed by atoms with Crippen molar-refractivity contribution in [2.24, 2.45) is 52.3 Å². The first kappa shape index (κ1) is 54.6. The number of ether oxygens (including phenoxy) is 3. The number of carbonyl (C=O) groups excluding carboxylic acids is 1. The largest absolute Gasteiger partial charge is 0.463 e. The van der Waals surface area contributed by atoms with Gasteiger partial charge in [-0.05, 0) is 155 Å². The third-order valence-corrected chi connectivity index (χ3v) is 17.4. The summed E-state index contributed by atoms with van der Waals surface area (Å²) in [4.78, 5) is 12.7. The van der Waals surface area contributed by atoms with Gasteiger partial charge < -0.3 is 29.5 Å². The van der Waals surface area contributed by atoms with Crippen molar-refractivity contribution in [2.45, 2.75) is 233 Å². The molecule has 66 heavy (non-hydrogen) atoms. The Labute approximate surface area is 403 Å². The molecule has 0 aromatic heterocycles. The molecule has 0 amide bonds. The maximum absolute atomic E-state index is 12.7. The second kappa shape index (κ2) is 27.8. The number of fused-ring (bicyclic) bond motifs is 5. The molecule has 14 unspecified atom stereocenters. The Kier molecular flexibility index (Phi) is 23.0. The van der Waals surface area contributed by atoms with Crippen molar-refractivity contribution in [1.82, 2.24) is 0 Å². The van der Waals surface area contributed by atoms with Crippen LogP contribution in [-0.2, 0) is 19.0 Å². The first-order valence-electron chi connectivity index (χ1n) is 27.3. The van der Waals surface area contributed by atoms with E-state index in [1.165, 1.54) is 69.8 Å². The van der Waals surface area contributed by atoms with Gasteiger partial charge in [0.2, 0.25) is 0 Å². The lowest BCUT2D eigenvalue weighted by Gasteiger charge is -2.58. The zero-order valence-corrected chi connectivity index (χ0v) is 42.8. The quantitative estimate of drug-likeness (QED) is 0.0428. The summed E-state index contributed by atoms with van der Waals surface area (Å²) in [6.07, 6.45) is 44.0. The van der Waals surface area contributed by atoms with E-state index in [1.54, 1.807) is 0 Å². The average Bonchev–Trinajstić information content (AvgIpc) is 3.66. The van der Waals surface area contributed by atoms with E-state index in [0.29, 0.717) is 35.5 Å². The summed E-state index contributed by atoms with van der Waals surface area (Å²) in [5.41, 5.74) is 2.04. The number of aliphatic hydroxyl groups excluding tert-OH is 3. The molecule has 5 rings (SSSR count). The van der Waals surface area contributed by atoms with Crippen molar-refractivity contribution in [3.8, 4) is 0 Å². The van der Waals surface area contributed by atoms with Gasteiger partial charge in [-0.1, -0.05) is 159 Å². The molecule has 1 heterocycles. The van der Waals surface area contributed by atoms with Crippen LogP contribution >= 0.6 is 0 Å². The normalized spacial score (nSPS) is 34.7. The standard InChI is InChI=1S/C59H96O7/c1-8-10-11-12-13-14-15-16-17-18-19-20-21-22-23-24-25-26-27-28-29-30-53(60)64-42-52-54(61)55(62)56(63)57(66-52)65-47-37-39-58(6)46(41-47)33-34-48-50-36-35-49(59(50,7)40-38-51(48)58)44(5)31-32-45(9-2)43(3)4/h10-11,13-14,16-17,19-20,31-33,43-45,47-52,54-57,61-63H,8-9,12,15,18,21-30,34-42H2,1-7H3/b11-10-,14-13-,17-16-,20-19-,32-31+. The van der Waals surface area contributed by atoms with Gasteiger partial charge in [0.1, 0.15) is 31.0 Å². The van der Waals surface area contributed by atoms with Gasteiger partial charge in [-0.15, -0.1) is 0 Å². The van der Waals surface area contributed by atoms with Crippen molar-refractivity contribution < 1.29 is 34.3 Å².